The van der Waals surface area contributed by atoms with Gasteiger partial charge in [-0.15, -0.1) is 0 Å². The smallest absolute Gasteiger partial charge is 0.416 e. The lowest BCUT2D eigenvalue weighted by atomic mass is 10.1. The van der Waals surface area contributed by atoms with Crippen LogP contribution in [-0.4, -0.2) is 28.8 Å². The molecule has 3 rings (SSSR count). The molecule has 30 heavy (non-hydrogen) atoms. The number of nitrogens with zero attached hydrogens (tertiary/aromatic N) is 2. The van der Waals surface area contributed by atoms with Gasteiger partial charge in [0.15, 0.2) is 0 Å². The Kier molecular flexibility index (Phi) is 5.77. The van der Waals surface area contributed by atoms with Crippen LogP contribution in [0.4, 0.5) is 23.8 Å². The van der Waals surface area contributed by atoms with Crippen molar-refractivity contribution in [3.63, 3.8) is 0 Å². The molecule has 0 spiro atoms. The van der Waals surface area contributed by atoms with Crippen molar-refractivity contribution in [1.82, 2.24) is 15.1 Å². The van der Waals surface area contributed by atoms with Crippen molar-refractivity contribution in [2.45, 2.75) is 13.1 Å². The highest BCUT2D eigenvalue weighted by Gasteiger charge is 2.30. The number of carbonyl (C=O) groups is 2. The molecule has 10 heteroatoms. The van der Waals surface area contributed by atoms with Crippen molar-refractivity contribution in [2.24, 2.45) is 0 Å². The molecule has 0 bridgehead atoms. The van der Waals surface area contributed by atoms with E-state index in [9.17, 15) is 22.8 Å². The zero-order valence-corrected chi connectivity index (χ0v) is 15.9. The maximum atomic E-state index is 12.6. The lowest BCUT2D eigenvalue weighted by Gasteiger charge is -2.12. The van der Waals surface area contributed by atoms with Crippen LogP contribution in [-0.2, 0) is 6.18 Å². The van der Waals surface area contributed by atoms with Crippen LogP contribution in [0.15, 0.2) is 54.6 Å². The lowest BCUT2D eigenvalue weighted by Crippen LogP contribution is -2.35. The van der Waals surface area contributed by atoms with Crippen molar-refractivity contribution in [1.29, 1.82) is 0 Å². The van der Waals surface area contributed by atoms with E-state index in [-0.39, 0.29) is 11.4 Å². The van der Waals surface area contributed by atoms with Crippen molar-refractivity contribution >= 4 is 17.8 Å². The molecule has 0 aliphatic carbocycles. The van der Waals surface area contributed by atoms with E-state index >= 15 is 0 Å². The van der Waals surface area contributed by atoms with Gasteiger partial charge in [-0.05, 0) is 43.3 Å². The van der Waals surface area contributed by atoms with E-state index in [2.05, 4.69) is 15.7 Å². The fourth-order valence-corrected chi connectivity index (χ4v) is 2.71. The minimum absolute atomic E-state index is 0.0902. The van der Waals surface area contributed by atoms with Gasteiger partial charge in [-0.3, -0.25) is 15.4 Å². The number of urea groups is 1. The molecular weight excluding hydrogens is 401 g/mol. The van der Waals surface area contributed by atoms with Crippen LogP contribution in [0.3, 0.4) is 0 Å². The molecule has 0 unspecified atom stereocenters. The monoisotopic (exact) mass is 418 g/mol. The van der Waals surface area contributed by atoms with E-state index in [0.29, 0.717) is 17.1 Å². The number of para-hydroxylation sites is 2. The summed E-state index contributed by atoms with van der Waals surface area (Å²) in [6.45, 7) is 1.72. The molecule has 2 N–H and O–H groups in total. The van der Waals surface area contributed by atoms with E-state index < -0.39 is 23.7 Å². The Hall–Kier alpha value is -3.82. The second kappa shape index (κ2) is 8.27. The van der Waals surface area contributed by atoms with Gasteiger partial charge < -0.3 is 4.74 Å². The largest absolute Gasteiger partial charge is 0.494 e. The quantitative estimate of drug-likeness (QED) is 0.666. The van der Waals surface area contributed by atoms with Crippen LogP contribution in [0.25, 0.3) is 5.69 Å². The van der Waals surface area contributed by atoms with E-state index in [1.165, 1.54) is 11.8 Å². The number of methoxy groups -OCH3 is 1. The Morgan fingerprint density at radius 3 is 2.37 bits per heavy atom. The molecule has 7 nitrogen and oxygen atoms in total. The number of aromatic nitrogens is 2. The summed E-state index contributed by atoms with van der Waals surface area (Å²) in [7, 11) is 1.50. The number of aryl methyl sites for hydroxylation is 1. The molecule has 0 fully saturated rings. The minimum atomic E-state index is -4.51. The van der Waals surface area contributed by atoms with Gasteiger partial charge in [0.25, 0.3) is 5.91 Å². The summed E-state index contributed by atoms with van der Waals surface area (Å²) >= 11 is 0. The SMILES string of the molecule is COc1ccccc1-n1nc(C)cc1NC(=O)NC(=O)c1ccc(C(F)(F)F)cc1. The first-order valence-electron chi connectivity index (χ1n) is 8.68. The first-order valence-corrected chi connectivity index (χ1v) is 8.68. The zero-order chi connectivity index (χ0) is 21.9. The Morgan fingerprint density at radius 1 is 1.07 bits per heavy atom. The van der Waals surface area contributed by atoms with Gasteiger partial charge in [-0.2, -0.15) is 18.3 Å². The number of ether oxygens (including phenoxy) is 1. The van der Waals surface area contributed by atoms with Gasteiger partial charge in [0.1, 0.15) is 17.3 Å². The molecule has 3 amide bonds. The van der Waals surface area contributed by atoms with Crippen LogP contribution in [0, 0.1) is 6.92 Å². The summed E-state index contributed by atoms with van der Waals surface area (Å²) in [5, 5.41) is 8.90. The number of amides is 3. The third-order valence-electron chi connectivity index (χ3n) is 4.09. The fraction of sp³-hybridized carbons (Fsp3) is 0.150. The number of alkyl halides is 3. The maximum absolute atomic E-state index is 12.6. The fourth-order valence-electron chi connectivity index (χ4n) is 2.71. The highest BCUT2D eigenvalue weighted by atomic mass is 19.4. The predicted octanol–water partition coefficient (Wildman–Crippen LogP) is 4.17. The van der Waals surface area contributed by atoms with Crippen molar-refractivity contribution in [3.05, 3.63) is 71.4 Å². The standard InChI is InChI=1S/C20H17F3N4O3/c1-12-11-17(27(26-12)15-5-3-4-6-16(15)30-2)24-19(29)25-18(28)13-7-9-14(10-8-13)20(21,22)23/h3-11H,1-2H3,(H2,24,25,28,29). The minimum Gasteiger partial charge on any atom is -0.494 e. The summed E-state index contributed by atoms with van der Waals surface area (Å²) in [4.78, 5) is 24.4. The van der Waals surface area contributed by atoms with E-state index in [0.717, 1.165) is 24.3 Å². The summed E-state index contributed by atoms with van der Waals surface area (Å²) in [6, 6.07) is 11.3. The number of nitrogens with one attached hydrogen (secondary N) is 2. The summed E-state index contributed by atoms with van der Waals surface area (Å²) in [5.74, 6) is -0.0547. The molecule has 0 saturated heterocycles. The molecule has 0 radical (unpaired) electrons. The molecular formula is C20H17F3N4O3. The number of hydrogen-bond acceptors (Lipinski definition) is 4. The van der Waals surface area contributed by atoms with Crippen LogP contribution in [0.5, 0.6) is 5.75 Å². The van der Waals surface area contributed by atoms with Gasteiger partial charge in [0.05, 0.1) is 18.4 Å². The van der Waals surface area contributed by atoms with Gasteiger partial charge in [0, 0.05) is 11.6 Å². The zero-order valence-electron chi connectivity index (χ0n) is 15.9. The Morgan fingerprint density at radius 2 is 1.73 bits per heavy atom. The number of hydrogen-bond donors (Lipinski definition) is 2. The Labute approximate surface area is 169 Å². The molecule has 156 valence electrons. The highest BCUT2D eigenvalue weighted by Crippen LogP contribution is 2.29. The maximum Gasteiger partial charge on any atom is 0.416 e. The molecule has 0 aliphatic rings. The summed E-state index contributed by atoms with van der Waals surface area (Å²) < 4.78 is 44.6. The molecule has 1 heterocycles. The summed E-state index contributed by atoms with van der Waals surface area (Å²) in [5.41, 5.74) is 0.190. The average molecular weight is 418 g/mol. The molecule has 1 aromatic heterocycles. The lowest BCUT2D eigenvalue weighted by molar-refractivity contribution is -0.137. The van der Waals surface area contributed by atoms with Crippen LogP contribution in [0.2, 0.25) is 0 Å². The van der Waals surface area contributed by atoms with E-state index in [1.807, 2.05) is 0 Å². The van der Waals surface area contributed by atoms with Gasteiger partial charge in [0.2, 0.25) is 0 Å². The van der Waals surface area contributed by atoms with Crippen LogP contribution < -0.4 is 15.4 Å². The topological polar surface area (TPSA) is 85.2 Å². The average Bonchev–Trinajstić information content (AvgIpc) is 3.06. The van der Waals surface area contributed by atoms with Crippen LogP contribution in [0.1, 0.15) is 21.6 Å². The number of anilines is 1. The molecule has 3 aromatic rings. The second-order valence-electron chi connectivity index (χ2n) is 6.24. The van der Waals surface area contributed by atoms with Gasteiger partial charge in [-0.25, -0.2) is 9.48 Å². The second-order valence-corrected chi connectivity index (χ2v) is 6.24. The number of imide groups is 1. The number of rotatable bonds is 4. The normalized spacial score (nSPS) is 11.1. The van der Waals surface area contributed by atoms with Crippen LogP contribution >= 0.6 is 0 Å². The Balaban J connectivity index is 1.75. The molecule has 2 aromatic carbocycles. The Bertz CT molecular complexity index is 1080. The van der Waals surface area contributed by atoms with Gasteiger partial charge >= 0.3 is 12.2 Å². The van der Waals surface area contributed by atoms with Crippen molar-refractivity contribution < 1.29 is 27.5 Å². The van der Waals surface area contributed by atoms with Crippen molar-refractivity contribution in [2.75, 3.05) is 12.4 Å². The first-order chi connectivity index (χ1) is 14.2. The summed E-state index contributed by atoms with van der Waals surface area (Å²) in [6.07, 6.45) is -4.51. The van der Waals surface area contributed by atoms with E-state index in [4.69, 9.17) is 4.74 Å². The predicted molar refractivity (Wildman–Crippen MR) is 103 cm³/mol. The molecule has 0 saturated carbocycles. The first kappa shape index (κ1) is 20.9. The van der Waals surface area contributed by atoms with Gasteiger partial charge in [-0.1, -0.05) is 12.1 Å². The third kappa shape index (κ3) is 4.59. The molecule has 0 aliphatic heterocycles. The third-order valence-corrected chi connectivity index (χ3v) is 4.09. The number of benzene rings is 2. The van der Waals surface area contributed by atoms with Crippen molar-refractivity contribution in [3.8, 4) is 11.4 Å². The number of halogens is 3. The number of carbonyl (C=O) groups excluding carboxylic acids is 2. The molecule has 0 atom stereocenters. The highest BCUT2D eigenvalue weighted by molar-refractivity contribution is 6.07. The van der Waals surface area contributed by atoms with E-state index in [1.54, 1.807) is 37.3 Å².